The summed E-state index contributed by atoms with van der Waals surface area (Å²) in [6.07, 6.45) is 3.45. The Morgan fingerprint density at radius 3 is 2.52 bits per heavy atom. The Labute approximate surface area is 178 Å². The molecule has 1 N–H and O–H groups in total. The molecule has 4 aromatic rings. The van der Waals surface area contributed by atoms with Crippen molar-refractivity contribution in [2.45, 2.75) is 13.5 Å². The van der Waals surface area contributed by atoms with Gasteiger partial charge in [0.1, 0.15) is 11.6 Å². The van der Waals surface area contributed by atoms with E-state index in [1.807, 2.05) is 43.3 Å². The molecule has 2 aromatic carbocycles. The highest BCUT2D eigenvalue weighted by atomic mass is 19.1. The van der Waals surface area contributed by atoms with Crippen molar-refractivity contribution in [3.05, 3.63) is 100 Å². The summed E-state index contributed by atoms with van der Waals surface area (Å²) in [7, 11) is 1.60. The van der Waals surface area contributed by atoms with Gasteiger partial charge in [0.05, 0.1) is 30.6 Å². The molecule has 31 heavy (non-hydrogen) atoms. The van der Waals surface area contributed by atoms with E-state index in [0.29, 0.717) is 35.0 Å². The zero-order chi connectivity index (χ0) is 21.8. The molecular weight excluding hydrogens is 395 g/mol. The van der Waals surface area contributed by atoms with Gasteiger partial charge in [-0.1, -0.05) is 6.07 Å². The lowest BCUT2D eigenvalue weighted by Crippen LogP contribution is -2.19. The van der Waals surface area contributed by atoms with Gasteiger partial charge in [0.15, 0.2) is 0 Å². The topological polar surface area (TPSA) is 72.3 Å². The average Bonchev–Trinajstić information content (AvgIpc) is 3.16. The standard InChI is InChI=1S/C24H21FN4O2/c1-16(27-15-17-4-3-13-26-14-17)22-23(18-5-11-21(31-2)12-6-18)28-29(24(22)30)20-9-7-19(25)8-10-20/h3-14,28H,15H2,1-2H3. The van der Waals surface area contributed by atoms with Crippen LogP contribution in [0.4, 0.5) is 4.39 Å². The number of aromatic nitrogens is 3. The number of rotatable bonds is 6. The molecule has 6 nitrogen and oxygen atoms in total. The highest BCUT2D eigenvalue weighted by Crippen LogP contribution is 2.24. The monoisotopic (exact) mass is 416 g/mol. The van der Waals surface area contributed by atoms with Crippen molar-refractivity contribution in [3.63, 3.8) is 0 Å². The molecule has 0 bridgehead atoms. The number of aromatic amines is 1. The third-order valence-corrected chi connectivity index (χ3v) is 4.94. The lowest BCUT2D eigenvalue weighted by molar-refractivity contribution is 0.415. The van der Waals surface area contributed by atoms with Crippen molar-refractivity contribution >= 4 is 5.71 Å². The molecule has 0 spiro atoms. The first-order valence-electron chi connectivity index (χ1n) is 9.72. The molecule has 0 fully saturated rings. The molecule has 0 atom stereocenters. The van der Waals surface area contributed by atoms with Gasteiger partial charge in [-0.25, -0.2) is 9.07 Å². The van der Waals surface area contributed by atoms with Crippen molar-refractivity contribution in [1.29, 1.82) is 0 Å². The van der Waals surface area contributed by atoms with E-state index in [-0.39, 0.29) is 11.4 Å². The first kappa shape index (κ1) is 20.3. The van der Waals surface area contributed by atoms with E-state index >= 15 is 0 Å². The minimum atomic E-state index is -0.367. The number of H-pyrrole nitrogens is 1. The van der Waals surface area contributed by atoms with Gasteiger partial charge < -0.3 is 4.74 Å². The van der Waals surface area contributed by atoms with Crippen LogP contribution < -0.4 is 10.3 Å². The predicted molar refractivity (Wildman–Crippen MR) is 118 cm³/mol. The fraction of sp³-hybridized carbons (Fsp3) is 0.125. The van der Waals surface area contributed by atoms with Crippen LogP contribution >= 0.6 is 0 Å². The van der Waals surface area contributed by atoms with Gasteiger partial charge in [0.25, 0.3) is 5.56 Å². The molecule has 2 heterocycles. The molecule has 0 radical (unpaired) electrons. The Morgan fingerprint density at radius 1 is 1.13 bits per heavy atom. The van der Waals surface area contributed by atoms with Gasteiger partial charge in [-0.05, 0) is 67.1 Å². The maximum absolute atomic E-state index is 13.4. The average molecular weight is 416 g/mol. The first-order chi connectivity index (χ1) is 15.1. The van der Waals surface area contributed by atoms with Crippen LogP contribution in [0.15, 0.2) is 82.8 Å². The molecule has 156 valence electrons. The lowest BCUT2D eigenvalue weighted by Gasteiger charge is -2.05. The highest BCUT2D eigenvalue weighted by molar-refractivity contribution is 6.03. The number of hydrogen-bond acceptors (Lipinski definition) is 4. The smallest absolute Gasteiger partial charge is 0.280 e. The van der Waals surface area contributed by atoms with E-state index < -0.39 is 0 Å². The van der Waals surface area contributed by atoms with Crippen LogP contribution in [0, 0.1) is 5.82 Å². The third kappa shape index (κ3) is 4.30. The van der Waals surface area contributed by atoms with Crippen LogP contribution in [0.25, 0.3) is 16.9 Å². The van der Waals surface area contributed by atoms with E-state index in [4.69, 9.17) is 4.74 Å². The molecule has 0 amide bonds. The molecule has 0 saturated heterocycles. The summed E-state index contributed by atoms with van der Waals surface area (Å²) in [5, 5.41) is 3.17. The fourth-order valence-electron chi connectivity index (χ4n) is 3.29. The predicted octanol–water partition coefficient (Wildman–Crippen LogP) is 4.38. The van der Waals surface area contributed by atoms with Gasteiger partial charge in [-0.2, -0.15) is 0 Å². The Morgan fingerprint density at radius 2 is 1.87 bits per heavy atom. The summed E-state index contributed by atoms with van der Waals surface area (Å²) >= 11 is 0. The summed E-state index contributed by atoms with van der Waals surface area (Å²) in [6.45, 7) is 2.21. The summed E-state index contributed by atoms with van der Waals surface area (Å²) in [5.74, 6) is 0.348. The minimum Gasteiger partial charge on any atom is -0.497 e. The molecule has 7 heteroatoms. The van der Waals surface area contributed by atoms with Crippen LogP contribution in [-0.2, 0) is 6.54 Å². The highest BCUT2D eigenvalue weighted by Gasteiger charge is 2.19. The van der Waals surface area contributed by atoms with Crippen molar-refractivity contribution < 1.29 is 9.13 Å². The van der Waals surface area contributed by atoms with Gasteiger partial charge >= 0.3 is 0 Å². The Hall–Kier alpha value is -4.00. The van der Waals surface area contributed by atoms with E-state index in [9.17, 15) is 9.18 Å². The zero-order valence-electron chi connectivity index (χ0n) is 17.2. The van der Waals surface area contributed by atoms with Crippen molar-refractivity contribution in [2.24, 2.45) is 4.99 Å². The zero-order valence-corrected chi connectivity index (χ0v) is 17.2. The number of pyridine rings is 1. The fourth-order valence-corrected chi connectivity index (χ4v) is 3.29. The largest absolute Gasteiger partial charge is 0.497 e. The van der Waals surface area contributed by atoms with E-state index in [1.54, 1.807) is 31.6 Å². The van der Waals surface area contributed by atoms with Crippen LogP contribution in [0.2, 0.25) is 0 Å². The minimum absolute atomic E-state index is 0.259. The van der Waals surface area contributed by atoms with E-state index in [2.05, 4.69) is 15.1 Å². The second kappa shape index (κ2) is 8.79. The quantitative estimate of drug-likeness (QED) is 0.474. The number of nitrogens with one attached hydrogen (secondary N) is 1. The number of methoxy groups -OCH3 is 1. The number of benzene rings is 2. The van der Waals surface area contributed by atoms with Gasteiger partial charge in [0.2, 0.25) is 0 Å². The van der Waals surface area contributed by atoms with Gasteiger partial charge in [-0.3, -0.25) is 19.9 Å². The van der Waals surface area contributed by atoms with Crippen LogP contribution in [0.3, 0.4) is 0 Å². The molecule has 0 saturated carbocycles. The molecule has 0 unspecified atom stereocenters. The maximum atomic E-state index is 13.4. The number of nitrogens with zero attached hydrogens (tertiary/aromatic N) is 3. The maximum Gasteiger partial charge on any atom is 0.280 e. The number of ether oxygens (including phenoxy) is 1. The second-order valence-corrected chi connectivity index (χ2v) is 6.97. The number of hydrogen-bond donors (Lipinski definition) is 1. The van der Waals surface area contributed by atoms with E-state index in [1.165, 1.54) is 16.8 Å². The molecular formula is C24H21FN4O2. The van der Waals surface area contributed by atoms with Crippen LogP contribution in [0.1, 0.15) is 18.1 Å². The Balaban J connectivity index is 1.82. The van der Waals surface area contributed by atoms with Crippen LogP contribution in [-0.4, -0.2) is 27.6 Å². The van der Waals surface area contributed by atoms with Gasteiger partial charge in [-0.15, -0.1) is 0 Å². The van der Waals surface area contributed by atoms with E-state index in [0.717, 1.165) is 11.1 Å². The van der Waals surface area contributed by atoms with Crippen molar-refractivity contribution in [3.8, 4) is 22.7 Å². The summed E-state index contributed by atoms with van der Waals surface area (Å²) in [6, 6.07) is 16.9. The number of aliphatic imine (C=N–C) groups is 1. The Kier molecular flexibility index (Phi) is 5.75. The summed E-state index contributed by atoms with van der Waals surface area (Å²) in [5.41, 5.74) is 3.71. The molecule has 2 aromatic heterocycles. The lowest BCUT2D eigenvalue weighted by atomic mass is 10.0. The van der Waals surface area contributed by atoms with Gasteiger partial charge in [0, 0.05) is 23.7 Å². The third-order valence-electron chi connectivity index (χ3n) is 4.94. The molecule has 4 rings (SSSR count). The number of halogens is 1. The molecule has 0 aliphatic rings. The molecule has 0 aliphatic heterocycles. The summed E-state index contributed by atoms with van der Waals surface area (Å²) in [4.78, 5) is 22.1. The Bertz CT molecular complexity index is 1260. The summed E-state index contributed by atoms with van der Waals surface area (Å²) < 4.78 is 20.0. The first-order valence-corrected chi connectivity index (χ1v) is 9.72. The second-order valence-electron chi connectivity index (χ2n) is 6.97. The SMILES string of the molecule is COc1ccc(-c2[nH]n(-c3ccc(F)cc3)c(=O)c2C(C)=NCc2cccnc2)cc1. The van der Waals surface area contributed by atoms with Crippen LogP contribution in [0.5, 0.6) is 5.75 Å². The molecule has 0 aliphatic carbocycles. The van der Waals surface area contributed by atoms with Crippen molar-refractivity contribution in [1.82, 2.24) is 14.8 Å². The van der Waals surface area contributed by atoms with Crippen molar-refractivity contribution in [2.75, 3.05) is 7.11 Å². The normalized spacial score (nSPS) is 11.5.